The van der Waals surface area contributed by atoms with Gasteiger partial charge >= 0.3 is 5.69 Å². The highest BCUT2D eigenvalue weighted by Crippen LogP contribution is 2.05. The molecule has 0 saturated heterocycles. The molecule has 6 nitrogen and oxygen atoms in total. The summed E-state index contributed by atoms with van der Waals surface area (Å²) >= 11 is 5.54. The number of alkyl halides is 1. The molecular weight excluding hydrogens is 244 g/mol. The number of unbranched alkanes of at least 4 members (excludes halogenated alkanes) is 1. The van der Waals surface area contributed by atoms with Crippen LogP contribution in [0.5, 0.6) is 0 Å². The van der Waals surface area contributed by atoms with Gasteiger partial charge in [0.15, 0.2) is 5.52 Å². The highest BCUT2D eigenvalue weighted by atomic mass is 35.5. The first kappa shape index (κ1) is 11.9. The van der Waals surface area contributed by atoms with Crippen LogP contribution in [0.15, 0.2) is 15.9 Å². The molecule has 0 radical (unpaired) electrons. The zero-order valence-corrected chi connectivity index (χ0v) is 10.2. The first-order valence-corrected chi connectivity index (χ1v) is 5.96. The number of rotatable bonds is 4. The summed E-state index contributed by atoms with van der Waals surface area (Å²) in [4.78, 5) is 30.1. The van der Waals surface area contributed by atoms with Gasteiger partial charge in [-0.3, -0.25) is 9.78 Å². The summed E-state index contributed by atoms with van der Waals surface area (Å²) in [5.74, 6) is 0. The predicted molar refractivity (Wildman–Crippen MR) is 65.4 cm³/mol. The fourth-order valence-electron chi connectivity index (χ4n) is 1.67. The van der Waals surface area contributed by atoms with Gasteiger partial charge in [0.1, 0.15) is 11.7 Å². The van der Waals surface area contributed by atoms with Crippen molar-refractivity contribution in [2.45, 2.75) is 32.3 Å². The van der Waals surface area contributed by atoms with Crippen molar-refractivity contribution >= 4 is 22.8 Å². The number of H-pyrrole nitrogens is 1. The van der Waals surface area contributed by atoms with Crippen LogP contribution in [0.3, 0.4) is 0 Å². The summed E-state index contributed by atoms with van der Waals surface area (Å²) in [7, 11) is 0. The standard InChI is InChI=1S/C10H13ClN4O2/c1-2-3-4-14-6-12-7-8(14)13-10(17)15(5-11)9(7)16/h6H,2-5H2,1H3,(H,13,17). The maximum atomic E-state index is 11.9. The van der Waals surface area contributed by atoms with E-state index in [1.807, 2.05) is 0 Å². The van der Waals surface area contributed by atoms with Crippen LogP contribution in [0.1, 0.15) is 19.8 Å². The van der Waals surface area contributed by atoms with Gasteiger partial charge in [-0.2, -0.15) is 0 Å². The molecule has 2 heterocycles. The van der Waals surface area contributed by atoms with Gasteiger partial charge in [-0.15, -0.1) is 11.6 Å². The normalized spacial score (nSPS) is 11.2. The molecule has 0 atom stereocenters. The van der Waals surface area contributed by atoms with Crippen molar-refractivity contribution < 1.29 is 0 Å². The summed E-state index contributed by atoms with van der Waals surface area (Å²) in [6, 6.07) is -0.175. The molecule has 0 saturated carbocycles. The predicted octanol–water partition coefficient (Wildman–Crippen LogP) is 0.883. The Morgan fingerprint density at radius 3 is 2.88 bits per heavy atom. The van der Waals surface area contributed by atoms with Crippen molar-refractivity contribution in [2.75, 3.05) is 0 Å². The van der Waals surface area contributed by atoms with E-state index >= 15 is 0 Å². The van der Waals surface area contributed by atoms with Crippen molar-refractivity contribution in [3.63, 3.8) is 0 Å². The Morgan fingerprint density at radius 2 is 2.24 bits per heavy atom. The number of hydrogen-bond acceptors (Lipinski definition) is 3. The number of halogens is 1. The molecule has 1 N–H and O–H groups in total. The van der Waals surface area contributed by atoms with E-state index in [0.717, 1.165) is 24.0 Å². The van der Waals surface area contributed by atoms with Crippen LogP contribution in [0.25, 0.3) is 11.2 Å². The number of aryl methyl sites for hydroxylation is 1. The number of hydrogen-bond donors (Lipinski definition) is 1. The fraction of sp³-hybridized carbons (Fsp3) is 0.500. The first-order valence-electron chi connectivity index (χ1n) is 5.43. The minimum atomic E-state index is -0.504. The number of aromatic nitrogens is 4. The smallest absolute Gasteiger partial charge is 0.317 e. The molecule has 0 aliphatic rings. The van der Waals surface area contributed by atoms with E-state index in [-0.39, 0.29) is 11.5 Å². The maximum Gasteiger partial charge on any atom is 0.331 e. The van der Waals surface area contributed by atoms with Crippen LogP contribution >= 0.6 is 11.6 Å². The molecule has 17 heavy (non-hydrogen) atoms. The summed E-state index contributed by atoms with van der Waals surface area (Å²) in [6.07, 6.45) is 3.56. The van der Waals surface area contributed by atoms with Crippen molar-refractivity contribution in [2.24, 2.45) is 0 Å². The summed E-state index contributed by atoms with van der Waals surface area (Å²) in [6.45, 7) is 2.80. The van der Waals surface area contributed by atoms with Crippen LogP contribution in [0.2, 0.25) is 0 Å². The molecule has 7 heteroatoms. The average molecular weight is 257 g/mol. The van der Waals surface area contributed by atoms with Crippen LogP contribution < -0.4 is 11.2 Å². The van der Waals surface area contributed by atoms with Gasteiger partial charge in [-0.1, -0.05) is 13.3 Å². The zero-order chi connectivity index (χ0) is 12.4. The number of nitrogens with one attached hydrogen (secondary N) is 1. The van der Waals surface area contributed by atoms with Gasteiger partial charge in [0.25, 0.3) is 5.56 Å². The van der Waals surface area contributed by atoms with Gasteiger partial charge in [0.2, 0.25) is 0 Å². The lowest BCUT2D eigenvalue weighted by atomic mass is 10.3. The molecule has 0 aliphatic heterocycles. The summed E-state index contributed by atoms with van der Waals surface area (Å²) in [5, 5.41) is 0. The first-order chi connectivity index (χ1) is 8.19. The number of fused-ring (bicyclic) bond motifs is 1. The maximum absolute atomic E-state index is 11.9. The van der Waals surface area contributed by atoms with E-state index in [2.05, 4.69) is 16.9 Å². The molecule has 0 aromatic carbocycles. The highest BCUT2D eigenvalue weighted by Gasteiger charge is 2.11. The second-order valence-electron chi connectivity index (χ2n) is 3.77. The Kier molecular flexibility index (Phi) is 3.33. The SMILES string of the molecule is CCCCn1cnc2c(=O)n(CCl)c(=O)[nH]c21. The second kappa shape index (κ2) is 4.75. The van der Waals surface area contributed by atoms with E-state index < -0.39 is 11.2 Å². The van der Waals surface area contributed by atoms with E-state index in [1.165, 1.54) is 0 Å². The second-order valence-corrected chi connectivity index (χ2v) is 4.01. The topological polar surface area (TPSA) is 72.7 Å². The molecule has 0 spiro atoms. The molecule has 2 aromatic rings. The van der Waals surface area contributed by atoms with Gasteiger partial charge in [0.05, 0.1) is 6.33 Å². The van der Waals surface area contributed by atoms with Crippen LogP contribution in [0, 0.1) is 0 Å². The molecule has 0 amide bonds. The third kappa shape index (κ3) is 2.00. The molecule has 2 rings (SSSR count). The summed E-state index contributed by atoms with van der Waals surface area (Å²) in [5.41, 5.74) is -0.235. The van der Waals surface area contributed by atoms with Gasteiger partial charge in [-0.25, -0.2) is 14.3 Å². The molecule has 0 bridgehead atoms. The monoisotopic (exact) mass is 256 g/mol. The highest BCUT2D eigenvalue weighted by molar-refractivity contribution is 6.15. The van der Waals surface area contributed by atoms with Crippen molar-refractivity contribution in [1.82, 2.24) is 19.1 Å². The van der Waals surface area contributed by atoms with E-state index in [1.54, 1.807) is 10.9 Å². The Bertz CT molecular complexity index is 640. The molecule has 0 aliphatic carbocycles. The van der Waals surface area contributed by atoms with Crippen LogP contribution in [-0.2, 0) is 12.5 Å². The van der Waals surface area contributed by atoms with Crippen molar-refractivity contribution in [3.05, 3.63) is 27.2 Å². The summed E-state index contributed by atoms with van der Waals surface area (Å²) < 4.78 is 2.70. The third-order valence-corrected chi connectivity index (χ3v) is 2.87. The molecular formula is C10H13ClN4O2. The zero-order valence-electron chi connectivity index (χ0n) is 9.44. The Balaban J connectivity index is 2.63. The average Bonchev–Trinajstić information content (AvgIpc) is 2.70. The van der Waals surface area contributed by atoms with E-state index in [4.69, 9.17) is 11.6 Å². The molecule has 92 valence electrons. The fourth-order valence-corrected chi connectivity index (χ4v) is 1.88. The van der Waals surface area contributed by atoms with Crippen molar-refractivity contribution in [1.29, 1.82) is 0 Å². The number of aromatic amines is 1. The lowest BCUT2D eigenvalue weighted by Gasteiger charge is -2.03. The van der Waals surface area contributed by atoms with E-state index in [9.17, 15) is 9.59 Å². The number of imidazole rings is 1. The quantitative estimate of drug-likeness (QED) is 0.826. The Hall–Kier alpha value is -1.56. The lowest BCUT2D eigenvalue weighted by Crippen LogP contribution is -2.34. The minimum absolute atomic E-state index is 0.175. The van der Waals surface area contributed by atoms with Gasteiger partial charge in [0, 0.05) is 6.54 Å². The van der Waals surface area contributed by atoms with Crippen LogP contribution in [-0.4, -0.2) is 19.1 Å². The van der Waals surface area contributed by atoms with Crippen LogP contribution in [0.4, 0.5) is 0 Å². The van der Waals surface area contributed by atoms with Crippen molar-refractivity contribution in [3.8, 4) is 0 Å². The minimum Gasteiger partial charge on any atom is -0.317 e. The number of nitrogens with zero attached hydrogens (tertiary/aromatic N) is 3. The third-order valence-electron chi connectivity index (χ3n) is 2.63. The molecule has 0 unspecified atom stereocenters. The molecule has 2 aromatic heterocycles. The van der Waals surface area contributed by atoms with Gasteiger partial charge < -0.3 is 4.57 Å². The Morgan fingerprint density at radius 1 is 1.47 bits per heavy atom. The Labute approximate surface area is 102 Å². The largest absolute Gasteiger partial charge is 0.331 e. The van der Waals surface area contributed by atoms with Gasteiger partial charge in [-0.05, 0) is 6.42 Å². The lowest BCUT2D eigenvalue weighted by molar-refractivity contribution is 0.639. The molecule has 0 fully saturated rings. The van der Waals surface area contributed by atoms with E-state index in [0.29, 0.717) is 5.65 Å².